The van der Waals surface area contributed by atoms with Gasteiger partial charge in [0.25, 0.3) is 5.92 Å². The molecule has 166 valence electrons. The maximum Gasteiger partial charge on any atom is 0.251 e. The van der Waals surface area contributed by atoms with Gasteiger partial charge in [-0.1, -0.05) is 0 Å². The lowest BCUT2D eigenvalue weighted by molar-refractivity contribution is -0.0951. The summed E-state index contributed by atoms with van der Waals surface area (Å²) in [7, 11) is 0. The Morgan fingerprint density at radius 2 is 1.91 bits per heavy atom. The number of ether oxygens (including phenoxy) is 1. The number of piperidine rings is 1. The predicted molar refractivity (Wildman–Crippen MR) is 115 cm³/mol. The van der Waals surface area contributed by atoms with Crippen molar-refractivity contribution in [3.05, 3.63) is 48.4 Å². The fourth-order valence-corrected chi connectivity index (χ4v) is 4.81. The molecule has 0 unspecified atom stereocenters. The fourth-order valence-electron chi connectivity index (χ4n) is 4.81. The van der Waals surface area contributed by atoms with Crippen LogP contribution in [-0.2, 0) is 6.61 Å². The summed E-state index contributed by atoms with van der Waals surface area (Å²) in [6.45, 7) is 2.22. The summed E-state index contributed by atoms with van der Waals surface area (Å²) in [5.41, 5.74) is 3.85. The second kappa shape index (κ2) is 7.51. The molecule has 1 N–H and O–H groups in total. The number of fused-ring (bicyclic) bond motifs is 3. The number of alkyl halides is 2. The maximum atomic E-state index is 13.0. The van der Waals surface area contributed by atoms with E-state index in [-0.39, 0.29) is 18.9 Å². The molecule has 5 heterocycles. The van der Waals surface area contributed by atoms with Crippen molar-refractivity contribution in [3.8, 4) is 23.0 Å². The molecule has 2 aliphatic heterocycles. The van der Waals surface area contributed by atoms with E-state index in [1.807, 2.05) is 30.6 Å². The summed E-state index contributed by atoms with van der Waals surface area (Å²) in [5.74, 6) is -1.11. The Morgan fingerprint density at radius 1 is 1.06 bits per heavy atom. The fraction of sp³-hybridized carbons (Fsp3) is 0.435. The molecule has 1 saturated heterocycles. The zero-order valence-electron chi connectivity index (χ0n) is 17.5. The van der Waals surface area contributed by atoms with Crippen LogP contribution in [0.1, 0.15) is 31.2 Å². The largest absolute Gasteiger partial charge is 0.472 e. The molecule has 0 bridgehead atoms. The van der Waals surface area contributed by atoms with Crippen molar-refractivity contribution < 1.29 is 13.5 Å². The molecule has 3 aromatic rings. The Bertz CT molecular complexity index is 1120. The first-order valence-electron chi connectivity index (χ1n) is 11.1. The number of aromatic nitrogens is 4. The molecule has 0 radical (unpaired) electrons. The molecule has 0 amide bonds. The number of hydrogen-bond acceptors (Lipinski definition) is 6. The molecular formula is C23H24F2N6O. The van der Waals surface area contributed by atoms with Crippen LogP contribution in [0.3, 0.4) is 0 Å². The topological polar surface area (TPSA) is 68.1 Å². The zero-order valence-corrected chi connectivity index (χ0v) is 17.5. The molecule has 0 aromatic carbocycles. The van der Waals surface area contributed by atoms with Crippen molar-refractivity contribution >= 4 is 5.69 Å². The summed E-state index contributed by atoms with van der Waals surface area (Å²) in [6.07, 6.45) is 7.39. The predicted octanol–water partition coefficient (Wildman–Crippen LogP) is 3.58. The minimum atomic E-state index is -2.47. The number of anilines is 1. The van der Waals surface area contributed by atoms with E-state index < -0.39 is 5.92 Å². The second-order valence-electron chi connectivity index (χ2n) is 8.86. The van der Waals surface area contributed by atoms with Crippen molar-refractivity contribution in [3.63, 3.8) is 0 Å². The molecular weight excluding hydrogens is 414 g/mol. The highest BCUT2D eigenvalue weighted by molar-refractivity contribution is 5.69. The third-order valence-electron chi connectivity index (χ3n) is 6.57. The van der Waals surface area contributed by atoms with Gasteiger partial charge in [0.05, 0.1) is 17.4 Å². The van der Waals surface area contributed by atoms with Crippen molar-refractivity contribution in [2.75, 3.05) is 18.0 Å². The van der Waals surface area contributed by atoms with E-state index in [1.54, 1.807) is 10.9 Å². The van der Waals surface area contributed by atoms with Crippen molar-refractivity contribution in [1.82, 2.24) is 25.1 Å². The summed E-state index contributed by atoms with van der Waals surface area (Å²) >= 11 is 0. The van der Waals surface area contributed by atoms with Crippen molar-refractivity contribution in [1.29, 1.82) is 0 Å². The van der Waals surface area contributed by atoms with Gasteiger partial charge in [-0.3, -0.25) is 0 Å². The van der Waals surface area contributed by atoms with Crippen LogP contribution < -0.4 is 15.0 Å². The van der Waals surface area contributed by atoms with Gasteiger partial charge in [-0.25, -0.2) is 23.4 Å². The maximum absolute atomic E-state index is 13.0. The Kier molecular flexibility index (Phi) is 4.60. The third kappa shape index (κ3) is 3.60. The van der Waals surface area contributed by atoms with Gasteiger partial charge in [0.2, 0.25) is 5.88 Å². The first kappa shape index (κ1) is 19.6. The molecule has 9 heteroatoms. The molecule has 3 aliphatic rings. The van der Waals surface area contributed by atoms with Crippen LogP contribution in [0.5, 0.6) is 5.88 Å². The average molecular weight is 438 g/mol. The number of nitrogens with one attached hydrogen (secondary N) is 1. The Balaban J connectivity index is 1.11. The van der Waals surface area contributed by atoms with Crippen LogP contribution in [0.25, 0.3) is 17.1 Å². The summed E-state index contributed by atoms with van der Waals surface area (Å²) < 4.78 is 33.6. The summed E-state index contributed by atoms with van der Waals surface area (Å²) in [4.78, 5) is 11.2. The molecule has 7 nitrogen and oxygen atoms in total. The van der Waals surface area contributed by atoms with Gasteiger partial charge in [0, 0.05) is 56.0 Å². The molecule has 3 aromatic heterocycles. The van der Waals surface area contributed by atoms with Gasteiger partial charge in [-0.15, -0.1) is 0 Å². The molecule has 32 heavy (non-hydrogen) atoms. The molecule has 1 aliphatic carbocycles. The summed E-state index contributed by atoms with van der Waals surface area (Å²) in [6, 6.07) is 8.16. The highest BCUT2D eigenvalue weighted by atomic mass is 19.3. The lowest BCUT2D eigenvalue weighted by Crippen LogP contribution is -2.54. The van der Waals surface area contributed by atoms with E-state index >= 15 is 0 Å². The van der Waals surface area contributed by atoms with Crippen molar-refractivity contribution in [2.45, 2.75) is 50.3 Å². The van der Waals surface area contributed by atoms with Gasteiger partial charge in [-0.05, 0) is 37.1 Å². The van der Waals surface area contributed by atoms with Crippen LogP contribution in [0.15, 0.2) is 42.9 Å². The minimum Gasteiger partial charge on any atom is -0.472 e. The Morgan fingerprint density at radius 3 is 2.66 bits per heavy atom. The van der Waals surface area contributed by atoms with Gasteiger partial charge < -0.3 is 15.0 Å². The van der Waals surface area contributed by atoms with Crippen LogP contribution in [0.4, 0.5) is 14.5 Å². The molecule has 2 fully saturated rings. The number of hydrogen-bond donors (Lipinski definition) is 1. The Labute approximate surface area is 184 Å². The molecule has 6 rings (SSSR count). The normalized spacial score (nSPS) is 20.2. The average Bonchev–Trinajstić information content (AvgIpc) is 3.24. The van der Waals surface area contributed by atoms with Crippen LogP contribution in [0, 0.1) is 0 Å². The third-order valence-corrected chi connectivity index (χ3v) is 6.57. The van der Waals surface area contributed by atoms with Crippen molar-refractivity contribution in [2.24, 2.45) is 0 Å². The van der Waals surface area contributed by atoms with E-state index in [2.05, 4.69) is 26.3 Å². The standard InChI is InChI=1S/C23H24F2N6O/c24-23(25)10-17(11-23)28-16-5-8-30(9-6-16)18-3-4-20(27-12-18)31-13-15-14-32-22-19(21(15)29-31)2-1-7-26-22/h1-4,7,12-13,16-17,28H,5-6,8-11,14H2. The first-order chi connectivity index (χ1) is 15.5. The van der Waals surface area contributed by atoms with Crippen LogP contribution in [-0.4, -0.2) is 50.8 Å². The van der Waals surface area contributed by atoms with Gasteiger partial charge >= 0.3 is 0 Å². The Hall–Kier alpha value is -3.07. The number of nitrogens with zero attached hydrogens (tertiary/aromatic N) is 5. The smallest absolute Gasteiger partial charge is 0.251 e. The zero-order chi connectivity index (χ0) is 21.7. The monoisotopic (exact) mass is 438 g/mol. The van der Waals surface area contributed by atoms with Crippen LogP contribution in [0.2, 0.25) is 0 Å². The lowest BCUT2D eigenvalue weighted by atomic mass is 9.87. The van der Waals surface area contributed by atoms with E-state index in [0.29, 0.717) is 18.5 Å². The van der Waals surface area contributed by atoms with Gasteiger partial charge in [0.1, 0.15) is 12.3 Å². The SMILES string of the molecule is FC1(F)CC(NC2CCN(c3ccc(-n4cc5c(n4)-c4cccnc4OC5)nc3)CC2)C1. The van der Waals surface area contributed by atoms with Gasteiger partial charge in [0.15, 0.2) is 5.82 Å². The van der Waals surface area contributed by atoms with E-state index in [4.69, 9.17) is 9.84 Å². The number of halogens is 2. The highest BCUT2D eigenvalue weighted by Crippen LogP contribution is 2.38. The minimum absolute atomic E-state index is 0.0241. The van der Waals surface area contributed by atoms with Crippen LogP contribution >= 0.6 is 0 Å². The second-order valence-corrected chi connectivity index (χ2v) is 8.86. The number of rotatable bonds is 4. The molecule has 0 spiro atoms. The summed E-state index contributed by atoms with van der Waals surface area (Å²) in [5, 5.41) is 8.12. The highest BCUT2D eigenvalue weighted by Gasteiger charge is 2.45. The lowest BCUT2D eigenvalue weighted by Gasteiger charge is -2.41. The van der Waals surface area contributed by atoms with Gasteiger partial charge in [-0.2, -0.15) is 5.10 Å². The quantitative estimate of drug-likeness (QED) is 0.672. The van der Waals surface area contributed by atoms with E-state index in [0.717, 1.165) is 54.3 Å². The van der Waals surface area contributed by atoms with E-state index in [1.165, 1.54) is 0 Å². The molecule has 0 atom stereocenters. The number of pyridine rings is 2. The van der Waals surface area contributed by atoms with E-state index in [9.17, 15) is 8.78 Å². The molecule has 1 saturated carbocycles. The first-order valence-corrected chi connectivity index (χ1v) is 11.1.